The van der Waals surface area contributed by atoms with Crippen LogP contribution in [0.15, 0.2) is 30.5 Å². The first-order chi connectivity index (χ1) is 10.8. The molecule has 2 rings (SSSR count). The lowest BCUT2D eigenvalue weighted by Gasteiger charge is -2.18. The van der Waals surface area contributed by atoms with E-state index in [1.807, 2.05) is 24.3 Å². The van der Waals surface area contributed by atoms with Crippen LogP contribution in [-0.2, 0) is 6.54 Å². The number of nitrogens with one attached hydrogen (secondary N) is 1. The van der Waals surface area contributed by atoms with E-state index in [0.717, 1.165) is 30.8 Å². The van der Waals surface area contributed by atoms with Crippen molar-refractivity contribution in [3.05, 3.63) is 40.9 Å². The molecule has 0 unspecified atom stereocenters. The summed E-state index contributed by atoms with van der Waals surface area (Å²) in [5.74, 6) is 0.197. The molecule has 1 amide bonds. The maximum Gasteiger partial charge on any atom is 0.279 e. The molecule has 0 aliphatic carbocycles. The molecular weight excluding hydrogens is 310 g/mol. The average molecular weight is 333 g/mol. The van der Waals surface area contributed by atoms with Gasteiger partial charge < -0.3 is 15.8 Å². The molecule has 3 N–H and O–H groups in total. The first-order valence-electron chi connectivity index (χ1n) is 7.57. The molecule has 0 bridgehead atoms. The van der Waals surface area contributed by atoms with Gasteiger partial charge in [-0.25, -0.2) is 4.98 Å². The van der Waals surface area contributed by atoms with Crippen molar-refractivity contribution in [1.29, 1.82) is 0 Å². The first-order valence-corrected chi connectivity index (χ1v) is 8.38. The Morgan fingerprint density at radius 2 is 2.00 bits per heavy atom. The zero-order chi connectivity index (χ0) is 16.9. The lowest BCUT2D eigenvalue weighted by molar-refractivity contribution is 0.100. The van der Waals surface area contributed by atoms with E-state index in [0.29, 0.717) is 21.2 Å². The highest BCUT2D eigenvalue weighted by Gasteiger charge is 2.09. The van der Waals surface area contributed by atoms with Crippen LogP contribution in [0.2, 0.25) is 0 Å². The smallest absolute Gasteiger partial charge is 0.279 e. The van der Waals surface area contributed by atoms with E-state index < -0.39 is 5.91 Å². The van der Waals surface area contributed by atoms with Gasteiger partial charge in [-0.05, 0) is 36.1 Å². The molecule has 0 atom stereocenters. The Balaban J connectivity index is 1.83. The van der Waals surface area contributed by atoms with Crippen molar-refractivity contribution >= 4 is 17.2 Å². The van der Waals surface area contributed by atoms with E-state index in [1.54, 1.807) is 0 Å². The topological polar surface area (TPSA) is 77.2 Å². The SMILES string of the molecule is CC(C)(C)CCNCc1ccc(Oc2ncc(C(N)=O)s2)cc1. The molecule has 5 nitrogen and oxygen atoms in total. The summed E-state index contributed by atoms with van der Waals surface area (Å²) in [6.07, 6.45) is 2.57. The van der Waals surface area contributed by atoms with Crippen molar-refractivity contribution in [3.8, 4) is 10.9 Å². The van der Waals surface area contributed by atoms with Crippen molar-refractivity contribution in [3.63, 3.8) is 0 Å². The highest BCUT2D eigenvalue weighted by atomic mass is 32.1. The summed E-state index contributed by atoms with van der Waals surface area (Å²) in [6.45, 7) is 8.55. The molecule has 0 saturated heterocycles. The number of carbonyl (C=O) groups excluding carboxylic acids is 1. The van der Waals surface area contributed by atoms with Crippen molar-refractivity contribution in [2.24, 2.45) is 11.1 Å². The largest absolute Gasteiger partial charge is 0.431 e. The van der Waals surface area contributed by atoms with Gasteiger partial charge in [0.05, 0.1) is 6.20 Å². The number of rotatable bonds is 7. The number of thiazole rings is 1. The molecule has 1 heterocycles. The van der Waals surface area contributed by atoms with Crippen LogP contribution in [0.25, 0.3) is 0 Å². The third-order valence-corrected chi connectivity index (χ3v) is 4.13. The van der Waals surface area contributed by atoms with Gasteiger partial charge in [0.15, 0.2) is 0 Å². The minimum Gasteiger partial charge on any atom is -0.431 e. The van der Waals surface area contributed by atoms with Crippen LogP contribution in [0.4, 0.5) is 0 Å². The van der Waals surface area contributed by atoms with Gasteiger partial charge in [0, 0.05) is 6.54 Å². The Hall–Kier alpha value is -1.92. The fourth-order valence-corrected chi connectivity index (χ4v) is 2.53. The molecule has 0 aliphatic heterocycles. The Labute approximate surface area is 140 Å². The van der Waals surface area contributed by atoms with Crippen LogP contribution in [0.3, 0.4) is 0 Å². The number of aromatic nitrogens is 1. The lowest BCUT2D eigenvalue weighted by Crippen LogP contribution is -2.20. The molecule has 1 aromatic carbocycles. The average Bonchev–Trinajstić information content (AvgIpc) is 2.93. The first kappa shape index (κ1) is 17.4. The Kier molecular flexibility index (Phi) is 5.74. The van der Waals surface area contributed by atoms with Crippen molar-refractivity contribution < 1.29 is 9.53 Å². The molecule has 6 heteroatoms. The van der Waals surface area contributed by atoms with Gasteiger partial charge >= 0.3 is 0 Å². The highest BCUT2D eigenvalue weighted by molar-refractivity contribution is 7.15. The third kappa shape index (κ3) is 6.00. The summed E-state index contributed by atoms with van der Waals surface area (Å²) in [7, 11) is 0. The van der Waals surface area contributed by atoms with Gasteiger partial charge in [0.1, 0.15) is 10.6 Å². The number of primary amides is 1. The second-order valence-corrected chi connectivity index (χ2v) is 7.58. The number of hydrogen-bond donors (Lipinski definition) is 2. The second-order valence-electron chi connectivity index (χ2n) is 6.59. The quantitative estimate of drug-likeness (QED) is 0.760. The zero-order valence-electron chi connectivity index (χ0n) is 13.8. The molecule has 1 aromatic heterocycles. The van der Waals surface area contributed by atoms with Crippen LogP contribution in [0.5, 0.6) is 10.9 Å². The fourth-order valence-electron chi connectivity index (χ4n) is 1.89. The number of hydrogen-bond acceptors (Lipinski definition) is 5. The monoisotopic (exact) mass is 333 g/mol. The molecule has 0 aliphatic rings. The second kappa shape index (κ2) is 7.57. The predicted octanol–water partition coefficient (Wildman–Crippen LogP) is 3.56. The molecule has 124 valence electrons. The number of amides is 1. The van der Waals surface area contributed by atoms with Gasteiger partial charge in [-0.2, -0.15) is 0 Å². The van der Waals surface area contributed by atoms with E-state index in [4.69, 9.17) is 10.5 Å². The number of nitrogens with two attached hydrogens (primary N) is 1. The lowest BCUT2D eigenvalue weighted by atomic mass is 9.92. The van der Waals surface area contributed by atoms with E-state index in [2.05, 4.69) is 31.1 Å². The highest BCUT2D eigenvalue weighted by Crippen LogP contribution is 2.26. The Bertz CT molecular complexity index is 645. The number of benzene rings is 1. The van der Waals surface area contributed by atoms with E-state index >= 15 is 0 Å². The molecule has 0 spiro atoms. The summed E-state index contributed by atoms with van der Waals surface area (Å²) in [6, 6.07) is 7.82. The van der Waals surface area contributed by atoms with Crippen LogP contribution in [0, 0.1) is 5.41 Å². The molecule has 2 aromatic rings. The van der Waals surface area contributed by atoms with Crippen LogP contribution >= 0.6 is 11.3 Å². The third-order valence-electron chi connectivity index (χ3n) is 3.24. The minimum atomic E-state index is -0.492. The molecule has 0 radical (unpaired) electrons. The molecule has 0 fully saturated rings. The van der Waals surface area contributed by atoms with E-state index in [9.17, 15) is 4.79 Å². The molecule has 0 saturated carbocycles. The fraction of sp³-hybridized carbons (Fsp3) is 0.412. The van der Waals surface area contributed by atoms with Gasteiger partial charge in [0.25, 0.3) is 11.1 Å². The van der Waals surface area contributed by atoms with E-state index in [1.165, 1.54) is 11.8 Å². The summed E-state index contributed by atoms with van der Waals surface area (Å²) >= 11 is 1.14. The summed E-state index contributed by atoms with van der Waals surface area (Å²) in [5.41, 5.74) is 6.74. The Morgan fingerprint density at radius 3 is 2.57 bits per heavy atom. The number of ether oxygens (including phenoxy) is 1. The molecular formula is C17H23N3O2S. The normalized spacial score (nSPS) is 11.4. The maximum absolute atomic E-state index is 11.0. The van der Waals surface area contributed by atoms with Gasteiger partial charge in [-0.15, -0.1) is 0 Å². The summed E-state index contributed by atoms with van der Waals surface area (Å²) in [4.78, 5) is 15.4. The number of nitrogens with zero attached hydrogens (tertiary/aromatic N) is 1. The maximum atomic E-state index is 11.0. The zero-order valence-corrected chi connectivity index (χ0v) is 14.6. The van der Waals surface area contributed by atoms with Crippen molar-refractivity contribution in [1.82, 2.24) is 10.3 Å². The van der Waals surface area contributed by atoms with Gasteiger partial charge in [-0.1, -0.05) is 44.2 Å². The van der Waals surface area contributed by atoms with Crippen LogP contribution in [0.1, 0.15) is 42.4 Å². The minimum absolute atomic E-state index is 0.349. The van der Waals surface area contributed by atoms with Crippen molar-refractivity contribution in [2.45, 2.75) is 33.7 Å². The molecule has 23 heavy (non-hydrogen) atoms. The summed E-state index contributed by atoms with van der Waals surface area (Å²) < 4.78 is 5.61. The standard InChI is InChI=1S/C17H23N3O2S/c1-17(2,3)8-9-19-10-12-4-6-13(7-5-12)22-16-20-11-14(23-16)15(18)21/h4-7,11,19H,8-10H2,1-3H3,(H2,18,21). The van der Waals surface area contributed by atoms with Crippen molar-refractivity contribution in [2.75, 3.05) is 6.54 Å². The van der Waals surface area contributed by atoms with Crippen LogP contribution in [-0.4, -0.2) is 17.4 Å². The van der Waals surface area contributed by atoms with Gasteiger partial charge in [0.2, 0.25) is 0 Å². The number of carbonyl (C=O) groups is 1. The van der Waals surface area contributed by atoms with Crippen LogP contribution < -0.4 is 15.8 Å². The summed E-state index contributed by atoms with van der Waals surface area (Å²) in [5, 5.41) is 3.85. The van der Waals surface area contributed by atoms with Gasteiger partial charge in [-0.3, -0.25) is 4.79 Å². The Morgan fingerprint density at radius 1 is 1.30 bits per heavy atom. The van der Waals surface area contributed by atoms with E-state index in [-0.39, 0.29) is 0 Å². The predicted molar refractivity (Wildman–Crippen MR) is 92.9 cm³/mol.